The molecule has 1 heterocycles. The molecule has 0 amide bonds. The van der Waals surface area contributed by atoms with Crippen LogP contribution >= 0.6 is 0 Å². The van der Waals surface area contributed by atoms with E-state index in [1.165, 1.54) is 5.56 Å². The van der Waals surface area contributed by atoms with Crippen molar-refractivity contribution in [2.75, 3.05) is 0 Å². The topological polar surface area (TPSA) is 25.2 Å². The molecular weight excluding hydrogens is 186 g/mol. The van der Waals surface area contributed by atoms with Gasteiger partial charge in [-0.1, -0.05) is 37.3 Å². The smallest absolute Gasteiger partial charge is 0.0464 e. The van der Waals surface area contributed by atoms with Crippen LogP contribution in [0.15, 0.2) is 48.8 Å². The molecule has 0 saturated heterocycles. The van der Waals surface area contributed by atoms with Crippen LogP contribution in [0.3, 0.4) is 0 Å². The minimum absolute atomic E-state index is 0.480. The number of hydrogen-bond donors (Lipinski definition) is 1. The van der Waals surface area contributed by atoms with Gasteiger partial charge < -0.3 is 5.21 Å². The lowest BCUT2D eigenvalue weighted by molar-refractivity contribution is 0.187. The maximum absolute atomic E-state index is 9.15. The van der Waals surface area contributed by atoms with E-state index in [0.29, 0.717) is 5.92 Å². The second kappa shape index (κ2) is 4.22. The standard InChI is InChI=1S/C13H15NO/c1-11(13-5-3-2-4-6-13)9-12-7-8-14(15)10-12/h2-8,10-11,15H,9H2,1H3. The van der Waals surface area contributed by atoms with Crippen molar-refractivity contribution >= 4 is 0 Å². The predicted molar refractivity (Wildman–Crippen MR) is 60.2 cm³/mol. The molecule has 1 N–H and O–H groups in total. The number of nitrogens with zero attached hydrogens (tertiary/aromatic N) is 1. The molecule has 2 nitrogen and oxygen atoms in total. The maximum atomic E-state index is 9.15. The Hall–Kier alpha value is -1.70. The van der Waals surface area contributed by atoms with Crippen molar-refractivity contribution in [1.29, 1.82) is 0 Å². The second-order valence-corrected chi connectivity index (χ2v) is 3.92. The van der Waals surface area contributed by atoms with Crippen molar-refractivity contribution in [3.63, 3.8) is 0 Å². The van der Waals surface area contributed by atoms with Crippen LogP contribution in [-0.2, 0) is 6.42 Å². The van der Waals surface area contributed by atoms with Gasteiger partial charge in [0.2, 0.25) is 0 Å². The Morgan fingerprint density at radius 2 is 1.93 bits per heavy atom. The van der Waals surface area contributed by atoms with Gasteiger partial charge in [-0.25, -0.2) is 4.73 Å². The van der Waals surface area contributed by atoms with Gasteiger partial charge in [-0.15, -0.1) is 0 Å². The SMILES string of the molecule is CC(Cc1ccn(O)c1)c1ccccc1. The first-order valence-electron chi connectivity index (χ1n) is 5.17. The molecule has 0 spiro atoms. The summed E-state index contributed by atoms with van der Waals surface area (Å²) in [5.41, 5.74) is 2.50. The van der Waals surface area contributed by atoms with Crippen LogP contribution in [0.25, 0.3) is 0 Å². The Morgan fingerprint density at radius 1 is 1.20 bits per heavy atom. The minimum atomic E-state index is 0.480. The van der Waals surface area contributed by atoms with Gasteiger partial charge in [-0.05, 0) is 29.5 Å². The van der Waals surface area contributed by atoms with Gasteiger partial charge in [0.25, 0.3) is 0 Å². The highest BCUT2D eigenvalue weighted by molar-refractivity contribution is 5.22. The van der Waals surface area contributed by atoms with E-state index >= 15 is 0 Å². The van der Waals surface area contributed by atoms with E-state index in [0.717, 1.165) is 16.7 Å². The molecule has 2 rings (SSSR count). The molecule has 0 aliphatic heterocycles. The highest BCUT2D eigenvalue weighted by Gasteiger charge is 2.06. The van der Waals surface area contributed by atoms with Crippen molar-refractivity contribution in [2.24, 2.45) is 0 Å². The Balaban J connectivity index is 2.07. The van der Waals surface area contributed by atoms with Crippen LogP contribution in [0, 0.1) is 0 Å². The zero-order valence-electron chi connectivity index (χ0n) is 8.80. The fourth-order valence-electron chi connectivity index (χ4n) is 1.80. The number of aromatic nitrogens is 1. The molecule has 1 atom stereocenters. The lowest BCUT2D eigenvalue weighted by Gasteiger charge is -2.10. The Bertz CT molecular complexity index is 419. The third kappa shape index (κ3) is 2.40. The summed E-state index contributed by atoms with van der Waals surface area (Å²) >= 11 is 0. The van der Waals surface area contributed by atoms with E-state index < -0.39 is 0 Å². The van der Waals surface area contributed by atoms with Gasteiger partial charge in [-0.3, -0.25) is 0 Å². The number of hydrogen-bond acceptors (Lipinski definition) is 1. The molecule has 0 aliphatic carbocycles. The average molecular weight is 201 g/mol. The molecule has 0 fully saturated rings. The van der Waals surface area contributed by atoms with E-state index in [1.54, 1.807) is 12.4 Å². The Morgan fingerprint density at radius 3 is 2.53 bits per heavy atom. The molecule has 15 heavy (non-hydrogen) atoms. The van der Waals surface area contributed by atoms with Gasteiger partial charge in [0.15, 0.2) is 0 Å². The summed E-state index contributed by atoms with van der Waals surface area (Å²) in [5.74, 6) is 0.480. The van der Waals surface area contributed by atoms with Crippen molar-refractivity contribution in [1.82, 2.24) is 4.73 Å². The van der Waals surface area contributed by atoms with Crippen molar-refractivity contribution in [3.05, 3.63) is 59.9 Å². The molecule has 0 saturated carbocycles. The van der Waals surface area contributed by atoms with Crippen molar-refractivity contribution in [3.8, 4) is 0 Å². The zero-order valence-corrected chi connectivity index (χ0v) is 8.80. The molecule has 2 aromatic rings. The van der Waals surface area contributed by atoms with Gasteiger partial charge in [0, 0.05) is 12.4 Å². The molecule has 78 valence electrons. The molecule has 0 aliphatic rings. The lowest BCUT2D eigenvalue weighted by atomic mass is 9.95. The summed E-state index contributed by atoms with van der Waals surface area (Å²) in [6.07, 6.45) is 4.37. The summed E-state index contributed by atoms with van der Waals surface area (Å²) in [6.45, 7) is 2.20. The van der Waals surface area contributed by atoms with Crippen LogP contribution < -0.4 is 0 Å². The van der Waals surface area contributed by atoms with Crippen LogP contribution in [0.4, 0.5) is 0 Å². The van der Waals surface area contributed by atoms with Crippen LogP contribution in [0.2, 0.25) is 0 Å². The predicted octanol–water partition coefficient (Wildman–Crippen LogP) is 3.07. The molecule has 2 heteroatoms. The fourth-order valence-corrected chi connectivity index (χ4v) is 1.80. The van der Waals surface area contributed by atoms with Gasteiger partial charge in [0.1, 0.15) is 0 Å². The largest absolute Gasteiger partial charge is 0.429 e. The average Bonchev–Trinajstić information content (AvgIpc) is 2.65. The monoisotopic (exact) mass is 201 g/mol. The maximum Gasteiger partial charge on any atom is 0.0464 e. The molecular formula is C13H15NO. The van der Waals surface area contributed by atoms with Gasteiger partial charge in [0.05, 0.1) is 0 Å². The first kappa shape index (κ1) is 9.84. The summed E-state index contributed by atoms with van der Waals surface area (Å²) in [6, 6.07) is 12.4. The quantitative estimate of drug-likeness (QED) is 0.758. The first-order valence-corrected chi connectivity index (χ1v) is 5.17. The molecule has 1 aromatic carbocycles. The van der Waals surface area contributed by atoms with Gasteiger partial charge in [-0.2, -0.15) is 0 Å². The minimum Gasteiger partial charge on any atom is -0.429 e. The van der Waals surface area contributed by atoms with E-state index in [-0.39, 0.29) is 0 Å². The van der Waals surface area contributed by atoms with E-state index in [4.69, 9.17) is 5.21 Å². The second-order valence-electron chi connectivity index (χ2n) is 3.92. The lowest BCUT2D eigenvalue weighted by Crippen LogP contribution is -1.97. The third-order valence-corrected chi connectivity index (χ3v) is 2.65. The fraction of sp³-hybridized carbons (Fsp3) is 0.231. The normalized spacial score (nSPS) is 12.6. The van der Waals surface area contributed by atoms with E-state index in [9.17, 15) is 0 Å². The number of benzene rings is 1. The Kier molecular flexibility index (Phi) is 2.77. The first-order chi connectivity index (χ1) is 7.25. The van der Waals surface area contributed by atoms with Crippen LogP contribution in [-0.4, -0.2) is 9.94 Å². The van der Waals surface area contributed by atoms with E-state index in [1.807, 2.05) is 12.1 Å². The molecule has 1 unspecified atom stereocenters. The summed E-state index contributed by atoms with van der Waals surface area (Å²) < 4.78 is 1.10. The van der Waals surface area contributed by atoms with E-state index in [2.05, 4.69) is 31.2 Å². The number of rotatable bonds is 3. The summed E-state index contributed by atoms with van der Waals surface area (Å²) in [7, 11) is 0. The van der Waals surface area contributed by atoms with Crippen molar-refractivity contribution in [2.45, 2.75) is 19.3 Å². The highest BCUT2D eigenvalue weighted by atomic mass is 16.5. The highest BCUT2D eigenvalue weighted by Crippen LogP contribution is 2.19. The van der Waals surface area contributed by atoms with Crippen LogP contribution in [0.5, 0.6) is 0 Å². The summed E-state index contributed by atoms with van der Waals surface area (Å²) in [5, 5.41) is 9.15. The van der Waals surface area contributed by atoms with Crippen LogP contribution in [0.1, 0.15) is 24.0 Å². The summed E-state index contributed by atoms with van der Waals surface area (Å²) in [4.78, 5) is 0. The molecule has 0 radical (unpaired) electrons. The zero-order chi connectivity index (χ0) is 10.7. The molecule has 0 bridgehead atoms. The van der Waals surface area contributed by atoms with Gasteiger partial charge >= 0.3 is 0 Å². The molecule has 1 aromatic heterocycles. The van der Waals surface area contributed by atoms with Crippen molar-refractivity contribution < 1.29 is 5.21 Å². The third-order valence-electron chi connectivity index (χ3n) is 2.65. The Labute approximate surface area is 89.8 Å².